The van der Waals surface area contributed by atoms with E-state index in [0.717, 1.165) is 19.6 Å². The number of nitrogens with zero attached hydrogens (tertiary/aromatic N) is 1. The number of likely N-dealkylation sites (tertiary alicyclic amines) is 1. The largest absolute Gasteiger partial charge is 0.324 e. The molecule has 1 aliphatic heterocycles. The molecule has 2 aromatic rings. The number of rotatable bonds is 2. The van der Waals surface area contributed by atoms with E-state index in [4.69, 9.17) is 5.73 Å². The number of fused-ring (bicyclic) bond motifs is 3. The van der Waals surface area contributed by atoms with E-state index in [1.54, 1.807) is 0 Å². The van der Waals surface area contributed by atoms with E-state index in [-0.39, 0.29) is 6.04 Å². The third kappa shape index (κ3) is 1.88. The van der Waals surface area contributed by atoms with Gasteiger partial charge in [0.25, 0.3) is 0 Å². The Kier molecular flexibility index (Phi) is 2.86. The summed E-state index contributed by atoms with van der Waals surface area (Å²) in [5.41, 5.74) is 10.7. The van der Waals surface area contributed by atoms with E-state index in [1.165, 1.54) is 16.7 Å². The Labute approximate surface area is 120 Å². The molecule has 20 heavy (non-hydrogen) atoms. The van der Waals surface area contributed by atoms with Gasteiger partial charge in [-0.1, -0.05) is 54.6 Å². The zero-order valence-corrected chi connectivity index (χ0v) is 11.6. The highest BCUT2D eigenvalue weighted by atomic mass is 15.2. The number of nitrogens with two attached hydrogens (primary N) is 1. The molecule has 1 fully saturated rings. The van der Waals surface area contributed by atoms with Crippen LogP contribution in [0.15, 0.2) is 54.6 Å². The van der Waals surface area contributed by atoms with E-state index in [9.17, 15) is 0 Å². The highest BCUT2D eigenvalue weighted by Gasteiger charge is 2.44. The molecule has 1 aliphatic carbocycles. The molecule has 0 bridgehead atoms. The van der Waals surface area contributed by atoms with E-state index in [0.29, 0.717) is 11.8 Å². The molecule has 0 saturated carbocycles. The van der Waals surface area contributed by atoms with Crippen LogP contribution in [0.2, 0.25) is 0 Å². The summed E-state index contributed by atoms with van der Waals surface area (Å²) in [6, 6.07) is 19.7. The third-order valence-corrected chi connectivity index (χ3v) is 4.91. The lowest BCUT2D eigenvalue weighted by Gasteiger charge is -2.19. The SMILES string of the molecule is NC1c2ccccc2[C@H]2CN(Cc3ccccc3)C[C@@H]12. The minimum Gasteiger partial charge on any atom is -0.324 e. The maximum atomic E-state index is 6.46. The van der Waals surface area contributed by atoms with Gasteiger partial charge in [0, 0.05) is 31.6 Å². The lowest BCUT2D eigenvalue weighted by molar-refractivity contribution is 0.305. The number of hydrogen-bond acceptors (Lipinski definition) is 2. The Hall–Kier alpha value is -1.64. The zero-order chi connectivity index (χ0) is 13.5. The molecule has 1 saturated heterocycles. The van der Waals surface area contributed by atoms with E-state index in [1.807, 2.05) is 0 Å². The maximum Gasteiger partial charge on any atom is 0.0345 e. The van der Waals surface area contributed by atoms with Crippen molar-refractivity contribution in [2.45, 2.75) is 18.5 Å². The average molecular weight is 264 g/mol. The Balaban J connectivity index is 1.55. The van der Waals surface area contributed by atoms with Crippen molar-refractivity contribution in [2.24, 2.45) is 11.7 Å². The lowest BCUT2D eigenvalue weighted by Crippen LogP contribution is -2.25. The van der Waals surface area contributed by atoms with Gasteiger partial charge in [-0.15, -0.1) is 0 Å². The molecule has 0 radical (unpaired) electrons. The Morgan fingerprint density at radius 3 is 2.40 bits per heavy atom. The van der Waals surface area contributed by atoms with Crippen molar-refractivity contribution in [1.29, 1.82) is 0 Å². The van der Waals surface area contributed by atoms with Gasteiger partial charge in [0.15, 0.2) is 0 Å². The van der Waals surface area contributed by atoms with Crippen molar-refractivity contribution in [2.75, 3.05) is 13.1 Å². The van der Waals surface area contributed by atoms with Crippen molar-refractivity contribution in [3.8, 4) is 0 Å². The van der Waals surface area contributed by atoms with E-state index < -0.39 is 0 Å². The quantitative estimate of drug-likeness (QED) is 0.903. The van der Waals surface area contributed by atoms with Gasteiger partial charge >= 0.3 is 0 Å². The number of benzene rings is 2. The van der Waals surface area contributed by atoms with Crippen LogP contribution in [-0.4, -0.2) is 18.0 Å². The fourth-order valence-corrected chi connectivity index (χ4v) is 3.96. The molecule has 0 spiro atoms. The normalized spacial score (nSPS) is 28.4. The van der Waals surface area contributed by atoms with Crippen molar-refractivity contribution in [1.82, 2.24) is 4.90 Å². The first-order valence-electron chi connectivity index (χ1n) is 7.43. The van der Waals surface area contributed by atoms with Crippen LogP contribution in [0.25, 0.3) is 0 Å². The van der Waals surface area contributed by atoms with Crippen molar-refractivity contribution < 1.29 is 0 Å². The summed E-state index contributed by atoms with van der Waals surface area (Å²) in [5, 5.41) is 0. The molecule has 3 atom stereocenters. The zero-order valence-electron chi connectivity index (χ0n) is 11.6. The molecule has 4 rings (SSSR count). The van der Waals surface area contributed by atoms with Crippen LogP contribution < -0.4 is 5.73 Å². The first-order valence-corrected chi connectivity index (χ1v) is 7.43. The average Bonchev–Trinajstić information content (AvgIpc) is 3.01. The molecule has 102 valence electrons. The molecule has 2 heteroatoms. The van der Waals surface area contributed by atoms with Crippen molar-refractivity contribution in [3.05, 3.63) is 71.3 Å². The van der Waals surface area contributed by atoms with Crippen LogP contribution in [0.3, 0.4) is 0 Å². The van der Waals surface area contributed by atoms with Crippen molar-refractivity contribution in [3.63, 3.8) is 0 Å². The first-order chi connectivity index (χ1) is 9.83. The Morgan fingerprint density at radius 1 is 0.900 bits per heavy atom. The summed E-state index contributed by atoms with van der Waals surface area (Å²) in [6.07, 6.45) is 0. The molecular formula is C18H20N2. The fraction of sp³-hybridized carbons (Fsp3) is 0.333. The van der Waals surface area contributed by atoms with E-state index in [2.05, 4.69) is 59.5 Å². The van der Waals surface area contributed by atoms with Crippen LogP contribution >= 0.6 is 0 Å². The van der Waals surface area contributed by atoms with E-state index >= 15 is 0 Å². The molecule has 2 aromatic carbocycles. The molecule has 2 N–H and O–H groups in total. The van der Waals surface area contributed by atoms with Crippen LogP contribution in [0.5, 0.6) is 0 Å². The summed E-state index contributed by atoms with van der Waals surface area (Å²) in [5.74, 6) is 1.22. The van der Waals surface area contributed by atoms with Crippen LogP contribution in [0, 0.1) is 5.92 Å². The monoisotopic (exact) mass is 264 g/mol. The third-order valence-electron chi connectivity index (χ3n) is 4.91. The van der Waals surface area contributed by atoms with Gasteiger partial charge in [-0.3, -0.25) is 4.90 Å². The van der Waals surface area contributed by atoms with Gasteiger partial charge in [-0.2, -0.15) is 0 Å². The minimum absolute atomic E-state index is 0.219. The van der Waals surface area contributed by atoms with Gasteiger partial charge < -0.3 is 5.73 Å². The molecule has 1 heterocycles. The maximum absolute atomic E-state index is 6.46. The minimum atomic E-state index is 0.219. The Bertz CT molecular complexity index is 608. The van der Waals surface area contributed by atoms with Crippen LogP contribution in [0.4, 0.5) is 0 Å². The molecule has 2 aliphatic rings. The van der Waals surface area contributed by atoms with Crippen LogP contribution in [0.1, 0.15) is 28.7 Å². The molecule has 0 aromatic heterocycles. The highest BCUT2D eigenvalue weighted by Crippen LogP contribution is 2.48. The lowest BCUT2D eigenvalue weighted by atomic mass is 9.95. The topological polar surface area (TPSA) is 29.3 Å². The first kappa shape index (κ1) is 12.1. The van der Waals surface area contributed by atoms with Gasteiger partial charge in [-0.25, -0.2) is 0 Å². The number of hydrogen-bond donors (Lipinski definition) is 1. The summed E-state index contributed by atoms with van der Waals surface area (Å²) >= 11 is 0. The molecule has 2 nitrogen and oxygen atoms in total. The second kappa shape index (κ2) is 4.72. The predicted octanol–water partition coefficient (Wildman–Crippen LogP) is 2.92. The second-order valence-electron chi connectivity index (χ2n) is 6.10. The standard InChI is InChI=1S/C18H20N2/c19-18-15-9-5-4-8-14(15)16-11-20(12-17(16)18)10-13-6-2-1-3-7-13/h1-9,16-18H,10-12,19H2/t16-,17-,18?/m1/s1. The smallest absolute Gasteiger partial charge is 0.0345 e. The highest BCUT2D eigenvalue weighted by molar-refractivity contribution is 5.41. The van der Waals surface area contributed by atoms with Gasteiger partial charge in [0.1, 0.15) is 0 Å². The van der Waals surface area contributed by atoms with Gasteiger partial charge in [0.2, 0.25) is 0 Å². The summed E-state index contributed by atoms with van der Waals surface area (Å²) in [7, 11) is 0. The summed E-state index contributed by atoms with van der Waals surface area (Å²) in [6.45, 7) is 3.31. The van der Waals surface area contributed by atoms with Crippen molar-refractivity contribution >= 4 is 0 Å². The summed E-state index contributed by atoms with van der Waals surface area (Å²) in [4.78, 5) is 2.56. The second-order valence-corrected chi connectivity index (χ2v) is 6.10. The molecule has 0 amide bonds. The molecular weight excluding hydrogens is 244 g/mol. The van der Waals surface area contributed by atoms with Gasteiger partial charge in [0.05, 0.1) is 0 Å². The Morgan fingerprint density at radius 2 is 1.60 bits per heavy atom. The predicted molar refractivity (Wildman–Crippen MR) is 81.3 cm³/mol. The van der Waals surface area contributed by atoms with Crippen LogP contribution in [-0.2, 0) is 6.54 Å². The summed E-state index contributed by atoms with van der Waals surface area (Å²) < 4.78 is 0. The fourth-order valence-electron chi connectivity index (χ4n) is 3.96. The molecule has 1 unspecified atom stereocenters. The van der Waals surface area contributed by atoms with Gasteiger partial charge in [-0.05, 0) is 22.6 Å².